The Hall–Kier alpha value is -1.000. The van der Waals surface area contributed by atoms with Gasteiger partial charge in [-0.05, 0) is 95.8 Å². The Morgan fingerprint density at radius 3 is 1.92 bits per heavy atom. The van der Waals surface area contributed by atoms with Crippen molar-refractivity contribution in [1.29, 1.82) is 0 Å². The maximum Gasteiger partial charge on any atom is 0.348 e. The Kier molecular flexibility index (Phi) is 11.3. The van der Waals surface area contributed by atoms with Crippen LogP contribution < -0.4 is 0 Å². The SMILES string of the molecule is CCCCCCc1cc(C(=O)OC)sc1-c1ccc(-c2cc(CCCCCC)c(-c3ccc(I)s3)s2)s1. The van der Waals surface area contributed by atoms with E-state index in [1.165, 1.54) is 95.3 Å². The number of ether oxygens (including phenoxy) is 1. The van der Waals surface area contributed by atoms with E-state index in [0.29, 0.717) is 4.88 Å². The lowest BCUT2D eigenvalue weighted by molar-refractivity contribution is 0.0606. The summed E-state index contributed by atoms with van der Waals surface area (Å²) in [7, 11) is 1.47. The first-order valence-corrected chi connectivity index (χ1v) is 17.6. The zero-order valence-corrected chi connectivity index (χ0v) is 27.3. The smallest absolute Gasteiger partial charge is 0.348 e. The van der Waals surface area contributed by atoms with E-state index >= 15 is 0 Å². The molecule has 4 aromatic heterocycles. The Morgan fingerprint density at radius 1 is 0.703 bits per heavy atom. The lowest BCUT2D eigenvalue weighted by atomic mass is 10.1. The van der Waals surface area contributed by atoms with Crippen LogP contribution in [0.25, 0.3) is 29.3 Å². The highest BCUT2D eigenvalue weighted by atomic mass is 127. The van der Waals surface area contributed by atoms with Crippen LogP contribution >= 0.6 is 67.9 Å². The second-order valence-electron chi connectivity index (χ2n) is 9.31. The number of esters is 1. The molecule has 0 bridgehead atoms. The summed E-state index contributed by atoms with van der Waals surface area (Å²) in [5.74, 6) is -0.232. The van der Waals surface area contributed by atoms with E-state index in [4.69, 9.17) is 4.74 Å². The molecule has 2 nitrogen and oxygen atoms in total. The van der Waals surface area contributed by atoms with Crippen molar-refractivity contribution >= 4 is 73.9 Å². The van der Waals surface area contributed by atoms with E-state index in [1.807, 2.05) is 34.0 Å². The monoisotopic (exact) mass is 682 g/mol. The summed E-state index contributed by atoms with van der Waals surface area (Å²) in [6.45, 7) is 4.51. The maximum atomic E-state index is 12.3. The molecular weight excluding hydrogens is 648 g/mol. The molecule has 4 aromatic rings. The summed E-state index contributed by atoms with van der Waals surface area (Å²) in [4.78, 5) is 21.0. The minimum atomic E-state index is -0.232. The second kappa shape index (κ2) is 14.4. The van der Waals surface area contributed by atoms with Crippen LogP contribution in [0.4, 0.5) is 0 Å². The van der Waals surface area contributed by atoms with Gasteiger partial charge in [-0.2, -0.15) is 0 Å². The molecule has 0 spiro atoms. The van der Waals surface area contributed by atoms with Crippen LogP contribution in [0.3, 0.4) is 0 Å². The van der Waals surface area contributed by atoms with Gasteiger partial charge in [0.2, 0.25) is 0 Å². The highest BCUT2D eigenvalue weighted by Gasteiger charge is 2.20. The predicted octanol–water partition coefficient (Wildman–Crippen LogP) is 11.6. The number of hydrogen-bond donors (Lipinski definition) is 0. The average Bonchev–Trinajstić information content (AvgIpc) is 3.69. The Bertz CT molecular complexity index is 1290. The number of halogens is 1. The van der Waals surface area contributed by atoms with Crippen LogP contribution in [0.15, 0.2) is 36.4 Å². The lowest BCUT2D eigenvalue weighted by Crippen LogP contribution is -1.97. The van der Waals surface area contributed by atoms with Crippen molar-refractivity contribution < 1.29 is 9.53 Å². The highest BCUT2D eigenvalue weighted by Crippen LogP contribution is 2.46. The third kappa shape index (κ3) is 7.56. The lowest BCUT2D eigenvalue weighted by Gasteiger charge is -2.02. The summed E-state index contributed by atoms with van der Waals surface area (Å²) < 4.78 is 6.38. The number of rotatable bonds is 14. The van der Waals surface area contributed by atoms with E-state index in [-0.39, 0.29) is 5.97 Å². The van der Waals surface area contributed by atoms with Gasteiger partial charge in [0.1, 0.15) is 4.88 Å². The van der Waals surface area contributed by atoms with Crippen LogP contribution in [0.5, 0.6) is 0 Å². The second-order valence-corrected chi connectivity index (χ2v) is 15.5. The molecule has 0 fully saturated rings. The molecule has 0 N–H and O–H groups in total. The number of aryl methyl sites for hydroxylation is 2. The summed E-state index contributed by atoms with van der Waals surface area (Å²) in [5.41, 5.74) is 2.77. The number of unbranched alkanes of at least 4 members (excludes halogenated alkanes) is 6. The molecule has 0 aliphatic rings. The fourth-order valence-corrected chi connectivity index (χ4v) is 9.82. The van der Waals surface area contributed by atoms with Crippen molar-refractivity contribution in [1.82, 2.24) is 0 Å². The molecule has 7 heteroatoms. The van der Waals surface area contributed by atoms with Gasteiger partial charge >= 0.3 is 5.97 Å². The number of carbonyl (C=O) groups is 1. The number of methoxy groups -OCH3 is 1. The molecule has 0 aliphatic carbocycles. The van der Waals surface area contributed by atoms with Crippen LogP contribution in [0, 0.1) is 2.88 Å². The van der Waals surface area contributed by atoms with Gasteiger partial charge in [0.05, 0.1) is 9.99 Å². The molecule has 4 rings (SSSR count). The van der Waals surface area contributed by atoms with Gasteiger partial charge in [-0.1, -0.05) is 52.4 Å². The molecular formula is C30H35IO2S4. The first-order chi connectivity index (χ1) is 18.0. The summed E-state index contributed by atoms with van der Waals surface area (Å²) >= 11 is 9.69. The third-order valence-corrected chi connectivity index (χ3v) is 12.3. The first kappa shape index (κ1) is 29.0. The van der Waals surface area contributed by atoms with E-state index in [2.05, 4.69) is 72.8 Å². The average molecular weight is 683 g/mol. The van der Waals surface area contributed by atoms with Crippen molar-refractivity contribution in [2.45, 2.75) is 78.1 Å². The van der Waals surface area contributed by atoms with Crippen molar-refractivity contribution in [3.63, 3.8) is 0 Å². The van der Waals surface area contributed by atoms with Crippen LogP contribution in [0.1, 0.15) is 86.0 Å². The molecule has 37 heavy (non-hydrogen) atoms. The fourth-order valence-electron chi connectivity index (χ4n) is 4.48. The van der Waals surface area contributed by atoms with E-state index in [9.17, 15) is 4.79 Å². The minimum absolute atomic E-state index is 0.232. The van der Waals surface area contributed by atoms with Gasteiger partial charge in [0, 0.05) is 29.3 Å². The zero-order valence-electron chi connectivity index (χ0n) is 21.9. The topological polar surface area (TPSA) is 26.3 Å². The summed E-state index contributed by atoms with van der Waals surface area (Å²) in [6.07, 6.45) is 12.2. The zero-order chi connectivity index (χ0) is 26.2. The molecule has 0 atom stereocenters. The van der Waals surface area contributed by atoms with Gasteiger partial charge < -0.3 is 4.74 Å². The Morgan fingerprint density at radius 2 is 1.30 bits per heavy atom. The van der Waals surface area contributed by atoms with E-state index in [1.54, 1.807) is 11.3 Å². The quantitative estimate of drug-likeness (QED) is 0.0752. The molecule has 0 radical (unpaired) electrons. The van der Waals surface area contributed by atoms with E-state index in [0.717, 1.165) is 19.3 Å². The molecule has 0 aromatic carbocycles. The van der Waals surface area contributed by atoms with Crippen molar-refractivity contribution in [2.24, 2.45) is 0 Å². The molecule has 0 saturated heterocycles. The molecule has 0 aliphatic heterocycles. The van der Waals surface area contributed by atoms with Gasteiger partial charge in [-0.15, -0.1) is 45.3 Å². The number of thiophene rings is 4. The van der Waals surface area contributed by atoms with Crippen molar-refractivity contribution in [2.75, 3.05) is 7.11 Å². The van der Waals surface area contributed by atoms with Crippen LogP contribution in [-0.2, 0) is 17.6 Å². The van der Waals surface area contributed by atoms with Crippen molar-refractivity contribution in [3.8, 4) is 29.3 Å². The summed E-state index contributed by atoms with van der Waals surface area (Å²) in [5, 5.41) is 0. The standard InChI is InChI=1S/C30H35IO2S4/c1-4-6-8-10-12-20-18-25(36-29(20)24-16-17-27(31)35-24)22-14-15-23(34-22)28-21(13-11-9-7-5-2)19-26(37-28)30(32)33-3/h14-19H,4-13H2,1-3H3. The van der Waals surface area contributed by atoms with Gasteiger partial charge in [0.25, 0.3) is 0 Å². The Labute approximate surface area is 251 Å². The van der Waals surface area contributed by atoms with Crippen LogP contribution in [0.2, 0.25) is 0 Å². The Balaban J connectivity index is 1.62. The third-order valence-electron chi connectivity index (χ3n) is 6.47. The maximum absolute atomic E-state index is 12.3. The first-order valence-electron chi connectivity index (χ1n) is 13.2. The molecule has 0 saturated carbocycles. The van der Waals surface area contributed by atoms with Crippen LogP contribution in [-0.4, -0.2) is 13.1 Å². The van der Waals surface area contributed by atoms with Crippen molar-refractivity contribution in [3.05, 3.63) is 55.3 Å². The summed E-state index contributed by atoms with van der Waals surface area (Å²) in [6, 6.07) is 13.5. The number of carbonyl (C=O) groups excluding carboxylic acids is 1. The largest absolute Gasteiger partial charge is 0.465 e. The molecule has 0 unspecified atom stereocenters. The number of hydrogen-bond acceptors (Lipinski definition) is 6. The minimum Gasteiger partial charge on any atom is -0.465 e. The van der Waals surface area contributed by atoms with Gasteiger partial charge in [0.15, 0.2) is 0 Å². The normalized spacial score (nSPS) is 11.4. The van der Waals surface area contributed by atoms with Gasteiger partial charge in [-0.25, -0.2) is 4.79 Å². The molecule has 198 valence electrons. The molecule has 4 heterocycles. The van der Waals surface area contributed by atoms with E-state index < -0.39 is 0 Å². The fraction of sp³-hybridized carbons (Fsp3) is 0.433. The molecule has 0 amide bonds. The van der Waals surface area contributed by atoms with Gasteiger partial charge in [-0.3, -0.25) is 0 Å². The highest BCUT2D eigenvalue weighted by molar-refractivity contribution is 14.1. The predicted molar refractivity (Wildman–Crippen MR) is 174 cm³/mol.